The molecule has 2 saturated heterocycles. The molecule has 2 aromatic carbocycles. The Morgan fingerprint density at radius 3 is 2.21 bits per heavy atom. The van der Waals surface area contributed by atoms with E-state index < -0.39 is 6.04 Å². The van der Waals surface area contributed by atoms with Gasteiger partial charge in [0, 0.05) is 31.9 Å². The molecule has 7 heteroatoms. The summed E-state index contributed by atoms with van der Waals surface area (Å²) in [4.78, 5) is 31.4. The molecule has 0 aromatic heterocycles. The van der Waals surface area contributed by atoms with Gasteiger partial charge in [0.05, 0.1) is 24.8 Å². The van der Waals surface area contributed by atoms with Crippen molar-refractivity contribution in [3.63, 3.8) is 0 Å². The van der Waals surface area contributed by atoms with Crippen molar-refractivity contribution >= 4 is 23.2 Å². The molecule has 2 aliphatic rings. The fraction of sp³-hybridized carbons (Fsp3) is 0.462. The molecule has 1 atom stereocenters. The highest BCUT2D eigenvalue weighted by Crippen LogP contribution is 2.28. The SMILES string of the molecule is CCCCCCOc1ccc(N2C(=O)C[C@H](N3CCN(c4ccc(F)cc4)CC3)C2=O)cc1. The van der Waals surface area contributed by atoms with E-state index in [1.165, 1.54) is 29.9 Å². The minimum Gasteiger partial charge on any atom is -0.494 e. The number of rotatable bonds is 9. The summed E-state index contributed by atoms with van der Waals surface area (Å²) < 4.78 is 19.0. The van der Waals surface area contributed by atoms with Gasteiger partial charge in [-0.15, -0.1) is 0 Å². The van der Waals surface area contributed by atoms with Crippen LogP contribution in [0.2, 0.25) is 0 Å². The molecule has 0 unspecified atom stereocenters. The van der Waals surface area contributed by atoms with E-state index in [-0.39, 0.29) is 24.1 Å². The molecule has 2 amide bonds. The van der Waals surface area contributed by atoms with Gasteiger partial charge in [0.2, 0.25) is 5.91 Å². The number of benzene rings is 2. The Labute approximate surface area is 194 Å². The lowest BCUT2D eigenvalue weighted by Gasteiger charge is -2.38. The van der Waals surface area contributed by atoms with Crippen LogP contribution in [-0.2, 0) is 9.59 Å². The first-order chi connectivity index (χ1) is 16.1. The Hall–Kier alpha value is -2.93. The number of nitrogens with zero attached hydrogens (tertiary/aromatic N) is 3. The van der Waals surface area contributed by atoms with Crippen LogP contribution < -0.4 is 14.5 Å². The third-order valence-electron chi connectivity index (χ3n) is 6.43. The predicted molar refractivity (Wildman–Crippen MR) is 127 cm³/mol. The summed E-state index contributed by atoms with van der Waals surface area (Å²) in [5, 5.41) is 0. The van der Waals surface area contributed by atoms with Gasteiger partial charge < -0.3 is 9.64 Å². The summed E-state index contributed by atoms with van der Waals surface area (Å²) >= 11 is 0. The molecule has 0 aliphatic carbocycles. The van der Waals surface area contributed by atoms with Gasteiger partial charge in [0.1, 0.15) is 11.6 Å². The number of hydrogen-bond donors (Lipinski definition) is 0. The molecule has 2 aliphatic heterocycles. The lowest BCUT2D eigenvalue weighted by atomic mass is 10.1. The fourth-order valence-electron chi connectivity index (χ4n) is 4.53. The normalized spacial score (nSPS) is 19.4. The summed E-state index contributed by atoms with van der Waals surface area (Å²) in [7, 11) is 0. The van der Waals surface area contributed by atoms with Gasteiger partial charge in [0.25, 0.3) is 5.91 Å². The molecule has 2 heterocycles. The second-order valence-electron chi connectivity index (χ2n) is 8.69. The van der Waals surface area contributed by atoms with E-state index in [0.717, 1.165) is 37.4 Å². The minimum absolute atomic E-state index is 0.163. The highest BCUT2D eigenvalue weighted by molar-refractivity contribution is 6.22. The number of hydrogen-bond acceptors (Lipinski definition) is 5. The molecule has 0 spiro atoms. The number of piperazine rings is 1. The minimum atomic E-state index is -0.428. The third kappa shape index (κ3) is 5.53. The zero-order valence-electron chi connectivity index (χ0n) is 19.2. The summed E-state index contributed by atoms with van der Waals surface area (Å²) in [5.74, 6) is 0.171. The van der Waals surface area contributed by atoms with Gasteiger partial charge in [-0.1, -0.05) is 26.2 Å². The number of imide groups is 1. The van der Waals surface area contributed by atoms with Crippen molar-refractivity contribution in [3.05, 3.63) is 54.3 Å². The van der Waals surface area contributed by atoms with Gasteiger partial charge in [-0.3, -0.25) is 14.5 Å². The van der Waals surface area contributed by atoms with Crippen LogP contribution >= 0.6 is 0 Å². The van der Waals surface area contributed by atoms with Crippen molar-refractivity contribution in [2.24, 2.45) is 0 Å². The summed E-state index contributed by atoms with van der Waals surface area (Å²) in [5.41, 5.74) is 1.56. The Morgan fingerprint density at radius 2 is 1.55 bits per heavy atom. The number of carbonyl (C=O) groups excluding carboxylic acids is 2. The van der Waals surface area contributed by atoms with Gasteiger partial charge in [-0.2, -0.15) is 0 Å². The van der Waals surface area contributed by atoms with Crippen molar-refractivity contribution in [1.29, 1.82) is 0 Å². The molecule has 2 fully saturated rings. The van der Waals surface area contributed by atoms with E-state index in [1.54, 1.807) is 24.3 Å². The van der Waals surface area contributed by atoms with Crippen molar-refractivity contribution in [3.8, 4) is 5.75 Å². The third-order valence-corrected chi connectivity index (χ3v) is 6.43. The molecule has 0 radical (unpaired) electrons. The van der Waals surface area contributed by atoms with E-state index in [9.17, 15) is 14.0 Å². The van der Waals surface area contributed by atoms with Crippen LogP contribution in [0.4, 0.5) is 15.8 Å². The number of unbranched alkanes of at least 4 members (excludes halogenated alkanes) is 3. The van der Waals surface area contributed by atoms with E-state index in [2.05, 4.69) is 16.7 Å². The highest BCUT2D eigenvalue weighted by Gasteiger charge is 2.43. The highest BCUT2D eigenvalue weighted by atomic mass is 19.1. The molecule has 0 N–H and O–H groups in total. The number of ether oxygens (including phenoxy) is 1. The van der Waals surface area contributed by atoms with Crippen LogP contribution in [0.1, 0.15) is 39.0 Å². The van der Waals surface area contributed by atoms with Crippen LogP contribution in [0.3, 0.4) is 0 Å². The molecule has 33 heavy (non-hydrogen) atoms. The first-order valence-corrected chi connectivity index (χ1v) is 11.9. The zero-order chi connectivity index (χ0) is 23.2. The Morgan fingerprint density at radius 1 is 0.879 bits per heavy atom. The number of halogens is 1. The van der Waals surface area contributed by atoms with Crippen LogP contribution in [0, 0.1) is 5.82 Å². The maximum atomic E-state index is 13.2. The summed E-state index contributed by atoms with van der Waals surface area (Å²) in [6.07, 6.45) is 4.78. The van der Waals surface area contributed by atoms with Crippen molar-refractivity contribution in [2.75, 3.05) is 42.6 Å². The predicted octanol–water partition coefficient (Wildman–Crippen LogP) is 4.24. The van der Waals surface area contributed by atoms with Gasteiger partial charge in [-0.05, 0) is 55.0 Å². The molecule has 176 valence electrons. The molecule has 4 rings (SSSR count). The van der Waals surface area contributed by atoms with Crippen molar-refractivity contribution in [2.45, 2.75) is 45.1 Å². The van der Waals surface area contributed by atoms with E-state index in [4.69, 9.17) is 4.74 Å². The Kier molecular flexibility index (Phi) is 7.60. The van der Waals surface area contributed by atoms with E-state index in [1.807, 2.05) is 12.1 Å². The molecular formula is C26H32FN3O3. The van der Waals surface area contributed by atoms with Gasteiger partial charge >= 0.3 is 0 Å². The number of amides is 2. The first kappa shape index (κ1) is 23.2. The maximum absolute atomic E-state index is 13.2. The van der Waals surface area contributed by atoms with Crippen LogP contribution in [0.25, 0.3) is 0 Å². The van der Waals surface area contributed by atoms with Crippen LogP contribution in [-0.4, -0.2) is 55.5 Å². The smallest absolute Gasteiger partial charge is 0.251 e. The fourth-order valence-corrected chi connectivity index (χ4v) is 4.53. The quantitative estimate of drug-likeness (QED) is 0.420. The zero-order valence-corrected chi connectivity index (χ0v) is 19.2. The van der Waals surface area contributed by atoms with Crippen molar-refractivity contribution < 1.29 is 18.7 Å². The summed E-state index contributed by atoms with van der Waals surface area (Å²) in [6, 6.07) is 13.3. The van der Waals surface area contributed by atoms with Crippen LogP contribution in [0.15, 0.2) is 48.5 Å². The lowest BCUT2D eigenvalue weighted by Crippen LogP contribution is -2.52. The monoisotopic (exact) mass is 453 g/mol. The molecule has 0 bridgehead atoms. The molecule has 2 aromatic rings. The first-order valence-electron chi connectivity index (χ1n) is 11.9. The summed E-state index contributed by atoms with van der Waals surface area (Å²) in [6.45, 7) is 5.67. The lowest BCUT2D eigenvalue weighted by molar-refractivity contribution is -0.123. The molecule has 0 saturated carbocycles. The molecule has 6 nitrogen and oxygen atoms in total. The largest absolute Gasteiger partial charge is 0.494 e. The molecular weight excluding hydrogens is 421 g/mol. The Bertz CT molecular complexity index is 940. The second kappa shape index (κ2) is 10.8. The van der Waals surface area contributed by atoms with Gasteiger partial charge in [0.15, 0.2) is 0 Å². The van der Waals surface area contributed by atoms with E-state index >= 15 is 0 Å². The standard InChI is InChI=1S/C26H32FN3O3/c1-2-3-4-5-18-33-23-12-10-22(11-13-23)30-25(31)19-24(26(30)32)29-16-14-28(15-17-29)21-8-6-20(27)7-9-21/h6-13,24H,2-5,14-19H2,1H3/t24-/m0/s1. The number of carbonyl (C=O) groups is 2. The number of anilines is 2. The average Bonchev–Trinajstić information content (AvgIpc) is 3.14. The second-order valence-corrected chi connectivity index (χ2v) is 8.69. The maximum Gasteiger partial charge on any atom is 0.251 e. The van der Waals surface area contributed by atoms with E-state index in [0.29, 0.717) is 25.4 Å². The topological polar surface area (TPSA) is 53.1 Å². The van der Waals surface area contributed by atoms with Crippen LogP contribution in [0.5, 0.6) is 5.75 Å². The van der Waals surface area contributed by atoms with Crippen molar-refractivity contribution in [1.82, 2.24) is 4.90 Å². The average molecular weight is 454 g/mol. The Balaban J connectivity index is 1.32. The van der Waals surface area contributed by atoms with Gasteiger partial charge in [-0.25, -0.2) is 9.29 Å².